The molecule has 0 radical (unpaired) electrons. The van der Waals surface area contributed by atoms with Crippen molar-refractivity contribution in [3.05, 3.63) is 23.8 Å². The van der Waals surface area contributed by atoms with Crippen molar-refractivity contribution >= 4 is 0 Å². The van der Waals surface area contributed by atoms with E-state index in [0.29, 0.717) is 12.4 Å². The highest BCUT2D eigenvalue weighted by atomic mass is 16.5. The fraction of sp³-hybridized carbons (Fsp3) is 0.538. The monoisotopic (exact) mass is 255 g/mol. The molecule has 0 amide bonds. The van der Waals surface area contributed by atoms with Gasteiger partial charge in [-0.25, -0.2) is 0 Å². The van der Waals surface area contributed by atoms with Crippen molar-refractivity contribution in [3.8, 4) is 11.5 Å². The molecule has 1 aromatic carbocycles. The van der Waals surface area contributed by atoms with E-state index in [1.54, 1.807) is 32.4 Å². The minimum Gasteiger partial charge on any atom is -0.508 e. The fourth-order valence-corrected chi connectivity index (χ4v) is 1.80. The number of hydrogen-bond donors (Lipinski definition) is 3. The zero-order valence-electron chi connectivity index (χ0n) is 11.0. The van der Waals surface area contributed by atoms with Gasteiger partial charge in [0.05, 0.1) is 26.4 Å². The third-order valence-electron chi connectivity index (χ3n) is 2.78. The quantitative estimate of drug-likeness (QED) is 0.679. The number of hydrogen-bond acceptors (Lipinski definition) is 5. The Labute approximate surface area is 107 Å². The molecular weight excluding hydrogens is 234 g/mol. The number of benzene rings is 1. The van der Waals surface area contributed by atoms with Gasteiger partial charge in [-0.3, -0.25) is 0 Å². The van der Waals surface area contributed by atoms with Gasteiger partial charge in [0.2, 0.25) is 0 Å². The van der Waals surface area contributed by atoms with E-state index >= 15 is 0 Å². The average Bonchev–Trinajstić information content (AvgIpc) is 2.38. The van der Waals surface area contributed by atoms with Crippen LogP contribution in [-0.2, 0) is 4.74 Å². The molecule has 0 spiro atoms. The lowest BCUT2D eigenvalue weighted by molar-refractivity contribution is 0.123. The highest BCUT2D eigenvalue weighted by molar-refractivity contribution is 5.41. The molecule has 3 N–H and O–H groups in total. The van der Waals surface area contributed by atoms with Gasteiger partial charge in [-0.05, 0) is 25.1 Å². The Kier molecular flexibility index (Phi) is 5.91. The van der Waals surface area contributed by atoms with Gasteiger partial charge in [0.15, 0.2) is 0 Å². The van der Waals surface area contributed by atoms with E-state index in [2.05, 4.69) is 5.32 Å². The summed E-state index contributed by atoms with van der Waals surface area (Å²) in [6.45, 7) is 2.29. The summed E-state index contributed by atoms with van der Waals surface area (Å²) in [6.07, 6.45) is 0. The predicted octanol–water partition coefficient (Wildman–Crippen LogP) is 1.06. The second kappa shape index (κ2) is 7.20. The Morgan fingerprint density at radius 3 is 2.61 bits per heavy atom. The van der Waals surface area contributed by atoms with E-state index in [-0.39, 0.29) is 24.4 Å². The molecule has 1 aromatic rings. The number of aromatic hydroxyl groups is 1. The van der Waals surface area contributed by atoms with Crippen LogP contribution in [0.5, 0.6) is 11.5 Å². The number of phenolic OH excluding ortho intramolecular Hbond substituents is 1. The van der Waals surface area contributed by atoms with Crippen LogP contribution in [0, 0.1) is 0 Å². The molecule has 0 saturated heterocycles. The predicted molar refractivity (Wildman–Crippen MR) is 69.0 cm³/mol. The van der Waals surface area contributed by atoms with Crippen LogP contribution in [-0.4, -0.2) is 43.7 Å². The summed E-state index contributed by atoms with van der Waals surface area (Å²) in [5.41, 5.74) is 0.726. The SMILES string of the molecule is COCC(CO)NC(C)c1cc(OC)ccc1O. The highest BCUT2D eigenvalue weighted by Crippen LogP contribution is 2.28. The largest absolute Gasteiger partial charge is 0.508 e. The number of methoxy groups -OCH3 is 2. The lowest BCUT2D eigenvalue weighted by Crippen LogP contribution is -2.38. The molecule has 0 aliphatic rings. The standard InChI is InChI=1S/C13H21NO4/c1-9(14-10(7-15)8-17-2)12-6-11(18-3)4-5-13(12)16/h4-6,9-10,14-16H,7-8H2,1-3H3. The zero-order chi connectivity index (χ0) is 13.5. The first-order chi connectivity index (χ1) is 8.62. The van der Waals surface area contributed by atoms with Gasteiger partial charge >= 0.3 is 0 Å². The molecule has 5 nitrogen and oxygen atoms in total. The van der Waals surface area contributed by atoms with E-state index in [4.69, 9.17) is 9.47 Å². The number of aliphatic hydroxyl groups is 1. The van der Waals surface area contributed by atoms with Crippen molar-refractivity contribution in [2.75, 3.05) is 27.4 Å². The summed E-state index contributed by atoms with van der Waals surface area (Å²) in [5.74, 6) is 0.883. The lowest BCUT2D eigenvalue weighted by Gasteiger charge is -2.22. The summed E-state index contributed by atoms with van der Waals surface area (Å²) in [7, 11) is 3.16. The molecule has 0 aliphatic heterocycles. The van der Waals surface area contributed by atoms with Gasteiger partial charge < -0.3 is 25.0 Å². The normalized spacial score (nSPS) is 14.2. The van der Waals surface area contributed by atoms with Crippen LogP contribution in [0.3, 0.4) is 0 Å². The summed E-state index contributed by atoms with van der Waals surface area (Å²) in [5, 5.41) is 22.2. The van der Waals surface area contributed by atoms with E-state index in [9.17, 15) is 10.2 Å². The van der Waals surface area contributed by atoms with Gasteiger partial charge in [0.25, 0.3) is 0 Å². The van der Waals surface area contributed by atoms with Crippen molar-refractivity contribution in [2.24, 2.45) is 0 Å². The lowest BCUT2D eigenvalue weighted by atomic mass is 10.1. The van der Waals surface area contributed by atoms with Crippen LogP contribution in [0.2, 0.25) is 0 Å². The molecule has 0 heterocycles. The third-order valence-corrected chi connectivity index (χ3v) is 2.78. The second-order valence-corrected chi connectivity index (χ2v) is 4.15. The van der Waals surface area contributed by atoms with E-state index in [0.717, 1.165) is 5.56 Å². The van der Waals surface area contributed by atoms with Gasteiger partial charge in [0, 0.05) is 18.7 Å². The molecule has 0 aromatic heterocycles. The first-order valence-corrected chi connectivity index (χ1v) is 5.85. The van der Waals surface area contributed by atoms with Crippen molar-refractivity contribution in [1.82, 2.24) is 5.32 Å². The Bertz CT molecular complexity index is 370. The maximum Gasteiger partial charge on any atom is 0.120 e. The van der Waals surface area contributed by atoms with Crippen LogP contribution in [0.25, 0.3) is 0 Å². The van der Waals surface area contributed by atoms with E-state index in [1.165, 1.54) is 0 Å². The van der Waals surface area contributed by atoms with Crippen molar-refractivity contribution in [3.63, 3.8) is 0 Å². The molecule has 18 heavy (non-hydrogen) atoms. The first-order valence-electron chi connectivity index (χ1n) is 5.85. The molecule has 0 aliphatic carbocycles. The fourth-order valence-electron chi connectivity index (χ4n) is 1.80. The van der Waals surface area contributed by atoms with Gasteiger partial charge in [-0.1, -0.05) is 0 Å². The first kappa shape index (κ1) is 14.8. The van der Waals surface area contributed by atoms with Crippen LogP contribution >= 0.6 is 0 Å². The average molecular weight is 255 g/mol. The molecule has 2 atom stereocenters. The minimum atomic E-state index is -0.171. The molecule has 2 unspecified atom stereocenters. The maximum atomic E-state index is 9.83. The number of phenols is 1. The minimum absolute atomic E-state index is 0.0249. The zero-order valence-corrected chi connectivity index (χ0v) is 11.0. The summed E-state index contributed by atoms with van der Waals surface area (Å²) in [4.78, 5) is 0. The Morgan fingerprint density at radius 1 is 1.33 bits per heavy atom. The van der Waals surface area contributed by atoms with Crippen molar-refractivity contribution < 1.29 is 19.7 Å². The third kappa shape index (κ3) is 3.87. The summed E-state index contributed by atoms with van der Waals surface area (Å²) in [6, 6.07) is 4.78. The Hall–Kier alpha value is -1.30. The molecule has 102 valence electrons. The van der Waals surface area contributed by atoms with Crippen molar-refractivity contribution in [2.45, 2.75) is 19.0 Å². The molecular formula is C13H21NO4. The van der Waals surface area contributed by atoms with Crippen LogP contribution in [0.1, 0.15) is 18.5 Å². The smallest absolute Gasteiger partial charge is 0.120 e. The summed E-state index contributed by atoms with van der Waals surface area (Å²) >= 11 is 0. The highest BCUT2D eigenvalue weighted by Gasteiger charge is 2.16. The van der Waals surface area contributed by atoms with E-state index < -0.39 is 0 Å². The molecule has 0 fully saturated rings. The van der Waals surface area contributed by atoms with Gasteiger partial charge in [-0.15, -0.1) is 0 Å². The van der Waals surface area contributed by atoms with Gasteiger partial charge in [0.1, 0.15) is 11.5 Å². The van der Waals surface area contributed by atoms with Crippen LogP contribution < -0.4 is 10.1 Å². The number of rotatable bonds is 7. The molecule has 5 heteroatoms. The van der Waals surface area contributed by atoms with Gasteiger partial charge in [-0.2, -0.15) is 0 Å². The summed E-state index contributed by atoms with van der Waals surface area (Å²) < 4.78 is 10.1. The Balaban J connectivity index is 2.78. The molecule has 1 rings (SSSR count). The van der Waals surface area contributed by atoms with Crippen molar-refractivity contribution in [1.29, 1.82) is 0 Å². The number of aliphatic hydroxyl groups excluding tert-OH is 1. The molecule has 0 saturated carbocycles. The van der Waals surface area contributed by atoms with Crippen LogP contribution in [0.4, 0.5) is 0 Å². The topological polar surface area (TPSA) is 71.0 Å². The number of nitrogens with one attached hydrogen (secondary N) is 1. The number of ether oxygens (including phenoxy) is 2. The van der Waals surface area contributed by atoms with E-state index in [1.807, 2.05) is 6.92 Å². The maximum absolute atomic E-state index is 9.83. The molecule has 0 bridgehead atoms. The second-order valence-electron chi connectivity index (χ2n) is 4.15. The van der Waals surface area contributed by atoms with Crippen LogP contribution in [0.15, 0.2) is 18.2 Å². The Morgan fingerprint density at radius 2 is 2.06 bits per heavy atom.